The zero-order valence-electron chi connectivity index (χ0n) is 28.1. The van der Waals surface area contributed by atoms with Gasteiger partial charge in [-0.3, -0.25) is 9.59 Å². The molecule has 1 aromatic carbocycles. The van der Waals surface area contributed by atoms with Crippen LogP contribution in [0.2, 0.25) is 0 Å². The van der Waals surface area contributed by atoms with Gasteiger partial charge in [0.15, 0.2) is 0 Å². The molecule has 3 saturated carbocycles. The van der Waals surface area contributed by atoms with Gasteiger partial charge in [-0.1, -0.05) is 32.9 Å². The molecule has 5 rings (SSSR count). The third-order valence-electron chi connectivity index (χ3n) is 11.1. The first-order valence-corrected chi connectivity index (χ1v) is 18.0. The largest absolute Gasteiger partial charge is 0.463 e. The molecule has 2 bridgehead atoms. The quantitative estimate of drug-likeness (QED) is 0.0810. The highest BCUT2D eigenvalue weighted by Gasteiger charge is 2.43. The summed E-state index contributed by atoms with van der Waals surface area (Å²) >= 11 is 0. The third-order valence-corrected chi connectivity index (χ3v) is 11.1. The number of fused-ring (bicyclic) bond motifs is 5. The topological polar surface area (TPSA) is 105 Å². The van der Waals surface area contributed by atoms with Crippen molar-refractivity contribution in [3.63, 3.8) is 0 Å². The van der Waals surface area contributed by atoms with Crippen molar-refractivity contribution in [2.45, 2.75) is 128 Å². The summed E-state index contributed by atoms with van der Waals surface area (Å²) in [4.78, 5) is 49.8. The summed E-state index contributed by atoms with van der Waals surface area (Å²) in [5.74, 6) is 1.39. The van der Waals surface area contributed by atoms with Gasteiger partial charge in [0.1, 0.15) is 17.6 Å². The number of carbonyl (C=O) groups excluding carboxylic acids is 4. The number of esters is 4. The van der Waals surface area contributed by atoms with Crippen LogP contribution in [-0.4, -0.2) is 36.6 Å². The van der Waals surface area contributed by atoms with E-state index in [1.54, 1.807) is 0 Å². The molecular weight excluding hydrogens is 596 g/mol. The maximum absolute atomic E-state index is 13.4. The van der Waals surface area contributed by atoms with Gasteiger partial charge in [0, 0.05) is 23.3 Å². The SMILES string of the molecule is C=CC(=O)OCCCCC1CCC(C(=O)Oc2ccc(OC(=O)C3CCC(C(CCC)OC(=O)C=C)CC3)c3c2C2CCC3C2)CC1. The molecular formula is C39H52O8. The van der Waals surface area contributed by atoms with Crippen LogP contribution in [0.4, 0.5) is 0 Å². The van der Waals surface area contributed by atoms with Crippen molar-refractivity contribution < 1.29 is 38.1 Å². The molecule has 3 fully saturated rings. The van der Waals surface area contributed by atoms with Gasteiger partial charge in [0.25, 0.3) is 0 Å². The van der Waals surface area contributed by atoms with E-state index in [-0.39, 0.29) is 47.7 Å². The fraction of sp³-hybridized carbons (Fsp3) is 0.641. The molecule has 47 heavy (non-hydrogen) atoms. The Bertz CT molecular complexity index is 1300. The molecule has 256 valence electrons. The van der Waals surface area contributed by atoms with Crippen LogP contribution in [0.25, 0.3) is 0 Å². The summed E-state index contributed by atoms with van der Waals surface area (Å²) in [6.45, 7) is 9.44. The van der Waals surface area contributed by atoms with Crippen LogP contribution in [0.5, 0.6) is 11.5 Å². The van der Waals surface area contributed by atoms with Gasteiger partial charge in [-0.15, -0.1) is 0 Å². The maximum atomic E-state index is 13.4. The molecule has 1 aromatic rings. The Labute approximate surface area is 279 Å². The van der Waals surface area contributed by atoms with Crippen molar-refractivity contribution in [3.05, 3.63) is 48.6 Å². The van der Waals surface area contributed by atoms with E-state index in [2.05, 4.69) is 20.1 Å². The number of carbonyl (C=O) groups is 4. The highest BCUT2D eigenvalue weighted by molar-refractivity contribution is 5.81. The lowest BCUT2D eigenvalue weighted by atomic mass is 9.78. The highest BCUT2D eigenvalue weighted by atomic mass is 16.6. The van der Waals surface area contributed by atoms with E-state index in [4.69, 9.17) is 18.9 Å². The van der Waals surface area contributed by atoms with Crippen LogP contribution in [0.3, 0.4) is 0 Å². The third kappa shape index (κ3) is 8.74. The minimum atomic E-state index is -0.386. The van der Waals surface area contributed by atoms with Crippen molar-refractivity contribution in [1.82, 2.24) is 0 Å². The molecule has 0 heterocycles. The van der Waals surface area contributed by atoms with Crippen molar-refractivity contribution >= 4 is 23.9 Å². The van der Waals surface area contributed by atoms with Gasteiger partial charge in [-0.05, 0) is 126 Å². The van der Waals surface area contributed by atoms with E-state index < -0.39 is 0 Å². The fourth-order valence-electron chi connectivity index (χ4n) is 8.56. The van der Waals surface area contributed by atoms with E-state index in [0.29, 0.717) is 48.7 Å². The minimum absolute atomic E-state index is 0.0983. The number of rotatable bonds is 15. The number of unbranched alkanes of at least 4 members (excludes halogenated alkanes) is 1. The van der Waals surface area contributed by atoms with Gasteiger partial charge >= 0.3 is 23.9 Å². The van der Waals surface area contributed by atoms with E-state index in [0.717, 1.165) is 101 Å². The van der Waals surface area contributed by atoms with Crippen molar-refractivity contribution in [2.75, 3.05) is 6.61 Å². The van der Waals surface area contributed by atoms with Gasteiger partial charge < -0.3 is 18.9 Å². The van der Waals surface area contributed by atoms with Crippen LogP contribution in [0.15, 0.2) is 37.4 Å². The number of ether oxygens (including phenoxy) is 4. The second-order valence-corrected chi connectivity index (χ2v) is 14.1. The van der Waals surface area contributed by atoms with Gasteiger partial charge in [-0.25, -0.2) is 9.59 Å². The van der Waals surface area contributed by atoms with Crippen LogP contribution < -0.4 is 9.47 Å². The van der Waals surface area contributed by atoms with Crippen molar-refractivity contribution in [3.8, 4) is 11.5 Å². The van der Waals surface area contributed by atoms with Crippen LogP contribution >= 0.6 is 0 Å². The molecule has 0 aliphatic heterocycles. The molecule has 0 aromatic heterocycles. The number of hydrogen-bond donors (Lipinski definition) is 0. The molecule has 8 nitrogen and oxygen atoms in total. The number of hydrogen-bond acceptors (Lipinski definition) is 8. The summed E-state index contributed by atoms with van der Waals surface area (Å²) in [7, 11) is 0. The van der Waals surface area contributed by atoms with Gasteiger partial charge in [-0.2, -0.15) is 0 Å². The molecule has 8 heteroatoms. The highest BCUT2D eigenvalue weighted by Crippen LogP contribution is 2.59. The first-order valence-electron chi connectivity index (χ1n) is 18.0. The Hall–Kier alpha value is -3.42. The standard InChI is InChI=1S/C39H52O8/c1-4-9-31(45-35(41)6-3)26-15-17-28(18-16-26)39(43)47-33-22-21-32(36-29-19-20-30(24-29)37(33)36)46-38(42)27-13-11-25(12-14-27)10-7-8-23-44-34(40)5-2/h5-6,21-22,25-31H,2-4,7-20,23-24H2,1H3. The maximum Gasteiger partial charge on any atom is 0.330 e. The van der Waals surface area contributed by atoms with Crippen LogP contribution in [0, 0.1) is 23.7 Å². The molecule has 4 aliphatic carbocycles. The zero-order valence-corrected chi connectivity index (χ0v) is 28.1. The van der Waals surface area contributed by atoms with Crippen LogP contribution in [-0.2, 0) is 28.7 Å². The Kier molecular flexibility index (Phi) is 12.3. The van der Waals surface area contributed by atoms with E-state index in [9.17, 15) is 19.2 Å². The molecule has 3 atom stereocenters. The minimum Gasteiger partial charge on any atom is -0.463 e. The molecule has 0 spiro atoms. The van der Waals surface area contributed by atoms with E-state index >= 15 is 0 Å². The first kappa shape index (κ1) is 34.9. The lowest BCUT2D eigenvalue weighted by Crippen LogP contribution is -2.33. The van der Waals surface area contributed by atoms with Crippen molar-refractivity contribution in [1.29, 1.82) is 0 Å². The van der Waals surface area contributed by atoms with Crippen molar-refractivity contribution in [2.24, 2.45) is 23.7 Å². The average molecular weight is 649 g/mol. The lowest BCUT2D eigenvalue weighted by molar-refractivity contribution is -0.149. The Morgan fingerprint density at radius 3 is 1.85 bits per heavy atom. The summed E-state index contributed by atoms with van der Waals surface area (Å²) in [6, 6.07) is 3.67. The fourth-order valence-corrected chi connectivity index (χ4v) is 8.56. The smallest absolute Gasteiger partial charge is 0.330 e. The molecule has 0 radical (unpaired) electrons. The molecule has 0 amide bonds. The van der Waals surface area contributed by atoms with E-state index in [1.807, 2.05) is 12.1 Å². The Balaban J connectivity index is 1.13. The van der Waals surface area contributed by atoms with Crippen LogP contribution in [0.1, 0.15) is 133 Å². The molecule has 3 unspecified atom stereocenters. The first-order chi connectivity index (χ1) is 22.8. The predicted molar refractivity (Wildman–Crippen MR) is 178 cm³/mol. The molecule has 0 saturated heterocycles. The predicted octanol–water partition coefficient (Wildman–Crippen LogP) is 8.27. The second-order valence-electron chi connectivity index (χ2n) is 14.1. The average Bonchev–Trinajstić information content (AvgIpc) is 3.72. The monoisotopic (exact) mass is 648 g/mol. The molecule has 4 aliphatic rings. The lowest BCUT2D eigenvalue weighted by Gasteiger charge is -2.32. The zero-order chi connectivity index (χ0) is 33.3. The van der Waals surface area contributed by atoms with E-state index in [1.165, 1.54) is 12.2 Å². The van der Waals surface area contributed by atoms with Gasteiger partial charge in [0.05, 0.1) is 18.4 Å². The van der Waals surface area contributed by atoms with Gasteiger partial charge in [0.2, 0.25) is 0 Å². The summed E-state index contributed by atoms with van der Waals surface area (Å²) in [6.07, 6.45) is 16.8. The number of benzene rings is 1. The summed E-state index contributed by atoms with van der Waals surface area (Å²) in [5.41, 5.74) is 2.14. The summed E-state index contributed by atoms with van der Waals surface area (Å²) in [5, 5.41) is 0. The Morgan fingerprint density at radius 1 is 0.766 bits per heavy atom. The molecule has 0 N–H and O–H groups in total. The normalized spacial score (nSPS) is 26.8. The Morgan fingerprint density at radius 2 is 1.32 bits per heavy atom. The summed E-state index contributed by atoms with van der Waals surface area (Å²) < 4.78 is 22.9. The second kappa shape index (κ2) is 16.6.